The van der Waals surface area contributed by atoms with Crippen LogP contribution in [0.5, 0.6) is 0 Å². The summed E-state index contributed by atoms with van der Waals surface area (Å²) in [5, 5.41) is 2.92. The Balaban J connectivity index is 2.23. The van der Waals surface area contributed by atoms with Gasteiger partial charge in [0.05, 0.1) is 0 Å². The summed E-state index contributed by atoms with van der Waals surface area (Å²) >= 11 is 2.32. The second-order valence-corrected chi connectivity index (χ2v) is 4.96. The third-order valence-electron chi connectivity index (χ3n) is 2.39. The van der Waals surface area contributed by atoms with Gasteiger partial charge in [0.1, 0.15) is 0 Å². The topological polar surface area (TPSA) is 29.1 Å². The Labute approximate surface area is 111 Å². The molecule has 0 radical (unpaired) electrons. The minimum absolute atomic E-state index is 0.158. The summed E-state index contributed by atoms with van der Waals surface area (Å²) in [4.78, 5) is 11.4. The second-order valence-electron chi connectivity index (χ2n) is 3.88. The van der Waals surface area contributed by atoms with Crippen molar-refractivity contribution >= 4 is 28.5 Å². The van der Waals surface area contributed by atoms with Gasteiger partial charge < -0.3 is 5.32 Å². The van der Waals surface area contributed by atoms with Crippen molar-refractivity contribution in [1.29, 1.82) is 0 Å². The van der Waals surface area contributed by atoms with Gasteiger partial charge in [-0.2, -0.15) is 0 Å². The standard InChI is InChI=1S/C13H18INO/c1-11-3-5-12(6-4-11)7-8-13(16)15-10-2-9-14/h3-6H,2,7-10H2,1H3,(H,15,16). The lowest BCUT2D eigenvalue weighted by atomic mass is 10.1. The van der Waals surface area contributed by atoms with E-state index in [0.29, 0.717) is 6.42 Å². The summed E-state index contributed by atoms with van der Waals surface area (Å²) in [7, 11) is 0. The number of carbonyl (C=O) groups is 1. The molecule has 0 aliphatic carbocycles. The van der Waals surface area contributed by atoms with Crippen molar-refractivity contribution in [3.05, 3.63) is 35.4 Å². The van der Waals surface area contributed by atoms with Crippen LogP contribution in [0.1, 0.15) is 24.0 Å². The van der Waals surface area contributed by atoms with E-state index >= 15 is 0 Å². The summed E-state index contributed by atoms with van der Waals surface area (Å²) < 4.78 is 1.09. The van der Waals surface area contributed by atoms with Crippen LogP contribution in [-0.4, -0.2) is 16.9 Å². The third-order valence-corrected chi connectivity index (χ3v) is 3.16. The van der Waals surface area contributed by atoms with E-state index in [1.54, 1.807) is 0 Å². The molecule has 0 aromatic heterocycles. The number of carbonyl (C=O) groups excluding carboxylic acids is 1. The van der Waals surface area contributed by atoms with Gasteiger partial charge in [0.2, 0.25) is 5.91 Å². The molecule has 0 aliphatic rings. The molecule has 1 N–H and O–H groups in total. The molecule has 1 aromatic carbocycles. The Hall–Kier alpha value is -0.580. The summed E-state index contributed by atoms with van der Waals surface area (Å²) in [6.45, 7) is 2.87. The van der Waals surface area contributed by atoms with Crippen LogP contribution in [-0.2, 0) is 11.2 Å². The molecule has 3 heteroatoms. The molecule has 16 heavy (non-hydrogen) atoms. The average molecular weight is 331 g/mol. The molecule has 0 spiro atoms. The fourth-order valence-electron chi connectivity index (χ4n) is 1.40. The average Bonchev–Trinajstić information content (AvgIpc) is 2.29. The van der Waals surface area contributed by atoms with Crippen LogP contribution in [0, 0.1) is 6.92 Å². The summed E-state index contributed by atoms with van der Waals surface area (Å²) in [5.41, 5.74) is 2.49. The van der Waals surface area contributed by atoms with Crippen LogP contribution < -0.4 is 5.32 Å². The number of rotatable bonds is 6. The maximum Gasteiger partial charge on any atom is 0.220 e. The van der Waals surface area contributed by atoms with E-state index in [-0.39, 0.29) is 5.91 Å². The quantitative estimate of drug-likeness (QED) is 0.485. The predicted molar refractivity (Wildman–Crippen MR) is 76.0 cm³/mol. The molecule has 1 amide bonds. The Bertz CT molecular complexity index is 321. The van der Waals surface area contributed by atoms with E-state index in [1.165, 1.54) is 11.1 Å². The fourth-order valence-corrected chi connectivity index (χ4v) is 1.78. The van der Waals surface area contributed by atoms with Crippen LogP contribution in [0.2, 0.25) is 0 Å². The molecular weight excluding hydrogens is 313 g/mol. The van der Waals surface area contributed by atoms with E-state index in [4.69, 9.17) is 0 Å². The first kappa shape index (κ1) is 13.5. The van der Waals surface area contributed by atoms with Crippen LogP contribution in [0.15, 0.2) is 24.3 Å². The maximum atomic E-state index is 11.4. The zero-order valence-electron chi connectivity index (χ0n) is 9.63. The molecule has 0 unspecified atom stereocenters. The fraction of sp³-hybridized carbons (Fsp3) is 0.462. The lowest BCUT2D eigenvalue weighted by Gasteiger charge is -2.04. The lowest BCUT2D eigenvalue weighted by Crippen LogP contribution is -2.24. The van der Waals surface area contributed by atoms with Crippen molar-refractivity contribution in [3.8, 4) is 0 Å². The normalized spacial score (nSPS) is 10.1. The molecule has 2 nitrogen and oxygen atoms in total. The molecule has 0 bridgehead atoms. The maximum absolute atomic E-state index is 11.4. The number of amides is 1. The minimum Gasteiger partial charge on any atom is -0.356 e. The van der Waals surface area contributed by atoms with Crippen molar-refractivity contribution in [2.45, 2.75) is 26.2 Å². The number of benzene rings is 1. The molecule has 1 aromatic rings. The molecule has 0 saturated heterocycles. The third kappa shape index (κ3) is 5.49. The number of hydrogen-bond donors (Lipinski definition) is 1. The first-order chi connectivity index (χ1) is 7.72. The Morgan fingerprint density at radius 2 is 2.00 bits per heavy atom. The molecule has 0 aliphatic heterocycles. The highest BCUT2D eigenvalue weighted by atomic mass is 127. The highest BCUT2D eigenvalue weighted by Crippen LogP contribution is 2.05. The first-order valence-electron chi connectivity index (χ1n) is 5.60. The van der Waals surface area contributed by atoms with Crippen molar-refractivity contribution < 1.29 is 4.79 Å². The van der Waals surface area contributed by atoms with Crippen LogP contribution in [0.25, 0.3) is 0 Å². The van der Waals surface area contributed by atoms with E-state index in [0.717, 1.165) is 23.8 Å². The van der Waals surface area contributed by atoms with Crippen molar-refractivity contribution in [3.63, 3.8) is 0 Å². The minimum atomic E-state index is 0.158. The van der Waals surface area contributed by atoms with Gasteiger partial charge in [0.25, 0.3) is 0 Å². The first-order valence-corrected chi connectivity index (χ1v) is 7.13. The molecular formula is C13H18INO. The lowest BCUT2D eigenvalue weighted by molar-refractivity contribution is -0.121. The Kier molecular flexibility index (Phi) is 6.45. The molecule has 1 rings (SSSR count). The zero-order valence-corrected chi connectivity index (χ0v) is 11.8. The van der Waals surface area contributed by atoms with Crippen molar-refractivity contribution in [2.24, 2.45) is 0 Å². The Morgan fingerprint density at radius 1 is 1.31 bits per heavy atom. The summed E-state index contributed by atoms with van der Waals surface area (Å²) in [6, 6.07) is 8.35. The number of nitrogens with one attached hydrogen (secondary N) is 1. The van der Waals surface area contributed by atoms with Crippen LogP contribution in [0.3, 0.4) is 0 Å². The van der Waals surface area contributed by atoms with E-state index in [1.807, 2.05) is 0 Å². The second kappa shape index (κ2) is 7.65. The van der Waals surface area contributed by atoms with Gasteiger partial charge in [-0.25, -0.2) is 0 Å². The number of alkyl halides is 1. The Morgan fingerprint density at radius 3 is 2.62 bits per heavy atom. The number of hydrogen-bond acceptors (Lipinski definition) is 1. The van der Waals surface area contributed by atoms with E-state index in [2.05, 4.69) is 59.1 Å². The smallest absolute Gasteiger partial charge is 0.220 e. The molecule has 0 heterocycles. The van der Waals surface area contributed by atoms with Crippen molar-refractivity contribution in [1.82, 2.24) is 5.32 Å². The van der Waals surface area contributed by atoms with E-state index in [9.17, 15) is 4.79 Å². The largest absolute Gasteiger partial charge is 0.356 e. The van der Waals surface area contributed by atoms with Gasteiger partial charge in [-0.3, -0.25) is 4.79 Å². The van der Waals surface area contributed by atoms with Gasteiger partial charge in [0, 0.05) is 17.4 Å². The van der Waals surface area contributed by atoms with Gasteiger partial charge in [0.15, 0.2) is 0 Å². The highest BCUT2D eigenvalue weighted by molar-refractivity contribution is 14.1. The molecule has 88 valence electrons. The van der Waals surface area contributed by atoms with Gasteiger partial charge >= 0.3 is 0 Å². The number of halogens is 1. The molecule has 0 atom stereocenters. The predicted octanol–water partition coefficient (Wildman–Crippen LogP) is 2.87. The summed E-state index contributed by atoms with van der Waals surface area (Å²) in [5.74, 6) is 0.158. The summed E-state index contributed by atoms with van der Waals surface area (Å²) in [6.07, 6.45) is 2.47. The van der Waals surface area contributed by atoms with Gasteiger partial charge in [-0.15, -0.1) is 0 Å². The van der Waals surface area contributed by atoms with E-state index < -0.39 is 0 Å². The monoisotopic (exact) mass is 331 g/mol. The van der Waals surface area contributed by atoms with Gasteiger partial charge in [-0.05, 0) is 25.3 Å². The molecule has 0 saturated carbocycles. The van der Waals surface area contributed by atoms with Gasteiger partial charge in [-0.1, -0.05) is 52.4 Å². The molecule has 0 fully saturated rings. The SMILES string of the molecule is Cc1ccc(CCC(=O)NCCCI)cc1. The highest BCUT2D eigenvalue weighted by Gasteiger charge is 2.01. The van der Waals surface area contributed by atoms with Crippen molar-refractivity contribution in [2.75, 3.05) is 11.0 Å². The number of aryl methyl sites for hydroxylation is 2. The van der Waals surface area contributed by atoms with Crippen LogP contribution >= 0.6 is 22.6 Å². The zero-order chi connectivity index (χ0) is 11.8. The van der Waals surface area contributed by atoms with Crippen LogP contribution in [0.4, 0.5) is 0 Å².